The number of hydrogen-bond donors (Lipinski definition) is 1. The molecule has 0 atom stereocenters. The summed E-state index contributed by atoms with van der Waals surface area (Å²) < 4.78 is 39.1. The lowest BCUT2D eigenvalue weighted by atomic mass is 10.1. The smallest absolute Gasteiger partial charge is 0.330 e. The van der Waals surface area contributed by atoms with Gasteiger partial charge in [-0.25, -0.2) is 0 Å². The molecule has 154 valence electrons. The molecule has 0 unspecified atom stereocenters. The fourth-order valence-electron chi connectivity index (χ4n) is 2.65. The third-order valence-corrected chi connectivity index (χ3v) is 4.16. The molecule has 0 aliphatic carbocycles. The molecule has 0 spiro atoms. The van der Waals surface area contributed by atoms with Gasteiger partial charge in [0.2, 0.25) is 5.91 Å². The number of hydrogen-bond acceptors (Lipinski definition) is 4. The van der Waals surface area contributed by atoms with Crippen molar-refractivity contribution in [3.05, 3.63) is 69.3 Å². The van der Waals surface area contributed by atoms with E-state index < -0.39 is 40.7 Å². The Kier molecular flexibility index (Phi) is 6.57. The molecule has 10 heteroatoms. The van der Waals surface area contributed by atoms with Crippen LogP contribution in [0.15, 0.2) is 42.5 Å². The molecule has 0 saturated heterocycles. The molecule has 0 aliphatic rings. The first-order valence-corrected chi connectivity index (χ1v) is 8.55. The van der Waals surface area contributed by atoms with Crippen LogP contribution in [0.3, 0.4) is 0 Å². The van der Waals surface area contributed by atoms with Crippen LogP contribution in [0.2, 0.25) is 0 Å². The first-order valence-electron chi connectivity index (χ1n) is 8.55. The summed E-state index contributed by atoms with van der Waals surface area (Å²) in [6.07, 6.45) is -4.65. The molecule has 0 heterocycles. The maximum atomic E-state index is 13.0. The van der Waals surface area contributed by atoms with Crippen molar-refractivity contribution in [1.29, 1.82) is 0 Å². The van der Waals surface area contributed by atoms with Crippen LogP contribution in [0.1, 0.15) is 28.4 Å². The van der Waals surface area contributed by atoms with Gasteiger partial charge in [-0.2, -0.15) is 13.2 Å². The van der Waals surface area contributed by atoms with Gasteiger partial charge in [-0.3, -0.25) is 19.7 Å². The number of rotatable bonds is 6. The van der Waals surface area contributed by atoms with E-state index in [0.29, 0.717) is 5.56 Å². The second-order valence-corrected chi connectivity index (χ2v) is 6.17. The molecule has 2 aromatic rings. The number of nitro groups is 1. The van der Waals surface area contributed by atoms with E-state index in [2.05, 4.69) is 5.32 Å². The Morgan fingerprint density at radius 3 is 2.41 bits per heavy atom. The van der Waals surface area contributed by atoms with E-state index in [1.165, 1.54) is 31.2 Å². The Morgan fingerprint density at radius 1 is 1.17 bits per heavy atom. The van der Waals surface area contributed by atoms with Crippen LogP contribution >= 0.6 is 0 Å². The predicted molar refractivity (Wildman–Crippen MR) is 99.5 cm³/mol. The van der Waals surface area contributed by atoms with E-state index in [0.717, 1.165) is 23.1 Å². The highest BCUT2D eigenvalue weighted by Crippen LogP contribution is 2.34. The number of likely N-dealkylation sites (N-methyl/N-ethyl adjacent to an activating group) is 1. The summed E-state index contributed by atoms with van der Waals surface area (Å²) in [5.41, 5.74) is -1.28. The molecular weight excluding hydrogens is 391 g/mol. The molecule has 7 nitrogen and oxygen atoms in total. The van der Waals surface area contributed by atoms with Gasteiger partial charge in [0.1, 0.15) is 6.54 Å². The average Bonchev–Trinajstić information content (AvgIpc) is 2.65. The zero-order valence-electron chi connectivity index (χ0n) is 15.6. The van der Waals surface area contributed by atoms with Crippen molar-refractivity contribution in [3.63, 3.8) is 0 Å². The van der Waals surface area contributed by atoms with Gasteiger partial charge in [-0.05, 0) is 32.0 Å². The van der Waals surface area contributed by atoms with Crippen LogP contribution in [-0.4, -0.2) is 34.7 Å². The van der Waals surface area contributed by atoms with Crippen LogP contribution in [0.5, 0.6) is 0 Å². The minimum absolute atomic E-state index is 0.00708. The highest BCUT2D eigenvalue weighted by molar-refractivity contribution is 6.00. The Morgan fingerprint density at radius 2 is 1.83 bits per heavy atom. The number of nitrogens with one attached hydrogen (secondary N) is 1. The van der Waals surface area contributed by atoms with Crippen molar-refractivity contribution in [2.45, 2.75) is 20.0 Å². The van der Waals surface area contributed by atoms with Gasteiger partial charge in [0.25, 0.3) is 11.6 Å². The number of halogens is 3. The molecule has 29 heavy (non-hydrogen) atoms. The second-order valence-electron chi connectivity index (χ2n) is 6.17. The van der Waals surface area contributed by atoms with Crippen LogP contribution in [-0.2, 0) is 11.0 Å². The molecule has 2 amide bonds. The van der Waals surface area contributed by atoms with Crippen LogP contribution in [0.4, 0.5) is 24.5 Å². The fraction of sp³-hybridized carbons (Fsp3) is 0.263. The largest absolute Gasteiger partial charge is 0.418 e. The van der Waals surface area contributed by atoms with E-state index in [1.54, 1.807) is 6.92 Å². The number of nitro benzene ring substituents is 1. The number of aryl methyl sites for hydroxylation is 1. The number of carbonyl (C=O) groups is 2. The molecule has 0 saturated carbocycles. The molecule has 0 aromatic heterocycles. The van der Waals surface area contributed by atoms with E-state index in [4.69, 9.17) is 0 Å². The fourth-order valence-corrected chi connectivity index (χ4v) is 2.65. The van der Waals surface area contributed by atoms with Gasteiger partial charge in [0.05, 0.1) is 16.2 Å². The summed E-state index contributed by atoms with van der Waals surface area (Å²) in [5, 5.41) is 13.2. The number of para-hydroxylation sites is 1. The Labute approximate surface area is 164 Å². The number of amides is 2. The van der Waals surface area contributed by atoms with E-state index in [9.17, 15) is 32.9 Å². The monoisotopic (exact) mass is 409 g/mol. The molecular formula is C19H18F3N3O4. The first kappa shape index (κ1) is 21.9. The number of anilines is 1. The predicted octanol–water partition coefficient (Wildman–Crippen LogP) is 4.02. The summed E-state index contributed by atoms with van der Waals surface area (Å²) in [6, 6.07) is 8.41. The summed E-state index contributed by atoms with van der Waals surface area (Å²) in [7, 11) is 0. The van der Waals surface area contributed by atoms with Gasteiger partial charge in [0, 0.05) is 23.7 Å². The van der Waals surface area contributed by atoms with Gasteiger partial charge >= 0.3 is 6.18 Å². The van der Waals surface area contributed by atoms with Crippen LogP contribution in [0.25, 0.3) is 0 Å². The average molecular weight is 409 g/mol. The zero-order chi connectivity index (χ0) is 21.8. The minimum Gasteiger partial charge on any atom is -0.330 e. The third kappa shape index (κ3) is 5.31. The maximum Gasteiger partial charge on any atom is 0.418 e. The quantitative estimate of drug-likeness (QED) is 0.576. The zero-order valence-corrected chi connectivity index (χ0v) is 15.6. The molecule has 0 aliphatic heterocycles. The molecule has 0 radical (unpaired) electrons. The van der Waals surface area contributed by atoms with Gasteiger partial charge in [-0.15, -0.1) is 0 Å². The van der Waals surface area contributed by atoms with Crippen molar-refractivity contribution in [2.24, 2.45) is 0 Å². The van der Waals surface area contributed by atoms with Crippen LogP contribution < -0.4 is 5.32 Å². The van der Waals surface area contributed by atoms with Crippen LogP contribution in [0, 0.1) is 17.0 Å². The van der Waals surface area contributed by atoms with Gasteiger partial charge in [-0.1, -0.05) is 18.2 Å². The summed E-state index contributed by atoms with van der Waals surface area (Å²) >= 11 is 0. The first-order chi connectivity index (χ1) is 13.5. The summed E-state index contributed by atoms with van der Waals surface area (Å²) in [4.78, 5) is 36.4. The number of carbonyl (C=O) groups excluding carboxylic acids is 2. The molecule has 0 bridgehead atoms. The molecule has 2 rings (SSSR count). The van der Waals surface area contributed by atoms with Crippen molar-refractivity contribution in [2.75, 3.05) is 18.4 Å². The van der Waals surface area contributed by atoms with E-state index in [-0.39, 0.29) is 17.8 Å². The maximum absolute atomic E-state index is 13.0. The lowest BCUT2D eigenvalue weighted by molar-refractivity contribution is -0.385. The van der Waals surface area contributed by atoms with Gasteiger partial charge in [0.15, 0.2) is 0 Å². The van der Waals surface area contributed by atoms with E-state index in [1.807, 2.05) is 0 Å². The number of alkyl halides is 3. The van der Waals surface area contributed by atoms with Crippen molar-refractivity contribution in [3.8, 4) is 0 Å². The normalized spacial score (nSPS) is 11.1. The molecule has 0 fully saturated rings. The van der Waals surface area contributed by atoms with Gasteiger partial charge < -0.3 is 10.2 Å². The lowest BCUT2D eigenvalue weighted by Crippen LogP contribution is -2.38. The Hall–Kier alpha value is -3.43. The standard InChI is InChI=1S/C19H18F3N3O4/c1-3-24(18(27)13-9-8-12(2)16(10-13)25(28)29)11-17(26)23-15-7-5-4-6-14(15)19(20,21)22/h4-10H,3,11H2,1-2H3,(H,23,26). The number of nitrogens with zero attached hydrogens (tertiary/aromatic N) is 2. The summed E-state index contributed by atoms with van der Waals surface area (Å²) in [6.45, 7) is 2.67. The molecule has 2 aromatic carbocycles. The minimum atomic E-state index is -4.65. The highest BCUT2D eigenvalue weighted by atomic mass is 19.4. The number of benzene rings is 2. The van der Waals surface area contributed by atoms with Crippen molar-refractivity contribution < 1.29 is 27.7 Å². The SMILES string of the molecule is CCN(CC(=O)Nc1ccccc1C(F)(F)F)C(=O)c1ccc(C)c([N+](=O)[O-])c1. The lowest BCUT2D eigenvalue weighted by Gasteiger charge is -2.21. The van der Waals surface area contributed by atoms with E-state index >= 15 is 0 Å². The topological polar surface area (TPSA) is 92.6 Å². The summed E-state index contributed by atoms with van der Waals surface area (Å²) in [5.74, 6) is -1.46. The second kappa shape index (κ2) is 8.72. The highest BCUT2D eigenvalue weighted by Gasteiger charge is 2.33. The Balaban J connectivity index is 2.18. The Bertz CT molecular complexity index is 945. The molecule has 1 N–H and O–H groups in total. The van der Waals surface area contributed by atoms with Crippen molar-refractivity contribution in [1.82, 2.24) is 4.90 Å². The third-order valence-electron chi connectivity index (χ3n) is 4.16. The van der Waals surface area contributed by atoms with Crippen molar-refractivity contribution >= 4 is 23.2 Å².